The fourth-order valence-electron chi connectivity index (χ4n) is 7.36. The topological polar surface area (TPSA) is 35.5 Å². The van der Waals surface area contributed by atoms with Crippen LogP contribution in [0.1, 0.15) is 97.2 Å². The summed E-state index contributed by atoms with van der Waals surface area (Å²) in [7, 11) is -2.90. The van der Waals surface area contributed by atoms with E-state index in [1.54, 1.807) is 0 Å². The average Bonchev–Trinajstić information content (AvgIpc) is 3.20. The average molecular weight is 717 g/mol. The first-order valence-electron chi connectivity index (χ1n) is 18.1. The van der Waals surface area contributed by atoms with Crippen molar-refractivity contribution in [1.29, 1.82) is 0 Å². The number of hydrogen-bond acceptors (Lipinski definition) is 3. The van der Waals surface area contributed by atoms with Crippen LogP contribution in [0.4, 0.5) is 0 Å². The second kappa shape index (κ2) is 13.7. The SMILES string of the molecule is Cc1cccc(C)c1P(c1ccccc1Op1oc2c(C(C)(C)C)cc(C)c(C)c2c2c(C)c(C)cc(C(C)(C)C)c2o1)c1c(C)cccc1C. The van der Waals surface area contributed by atoms with Crippen molar-refractivity contribution in [2.24, 2.45) is 0 Å². The smallest absolute Gasteiger partial charge is 0.390 e. The van der Waals surface area contributed by atoms with Crippen molar-refractivity contribution in [3.8, 4) is 5.75 Å². The molecule has 0 radical (unpaired) electrons. The Kier molecular flexibility index (Phi) is 9.91. The molecule has 5 aromatic carbocycles. The standard InChI is InChI=1S/C46H54O3P2/c1-27-19-17-20-28(2)43(27)50(44-29(3)21-18-22-30(44)4)38-24-16-15-23-37(38)47-51-48-41-35(45(9,10)11)25-31(5)33(7)39(41)40-34(8)32(6)26-36(42(40)49-51)46(12,13)14/h15-26H,1-14H3. The summed E-state index contributed by atoms with van der Waals surface area (Å²) in [6, 6.07) is 26.4. The Balaban J connectivity index is 1.74. The highest BCUT2D eigenvalue weighted by atomic mass is 31.1. The van der Waals surface area contributed by atoms with Crippen molar-refractivity contribution >= 4 is 54.0 Å². The first kappa shape index (κ1) is 37.0. The Morgan fingerprint density at radius 2 is 0.902 bits per heavy atom. The maximum absolute atomic E-state index is 7.18. The van der Waals surface area contributed by atoms with Gasteiger partial charge in [-0.3, -0.25) is 0 Å². The lowest BCUT2D eigenvalue weighted by molar-refractivity contribution is 0.491. The molecule has 5 heteroatoms. The molecule has 266 valence electrons. The van der Waals surface area contributed by atoms with Crippen LogP contribution in [-0.2, 0) is 10.8 Å². The minimum absolute atomic E-state index is 0.171. The lowest BCUT2D eigenvalue weighted by Crippen LogP contribution is -2.28. The van der Waals surface area contributed by atoms with Crippen molar-refractivity contribution < 1.29 is 12.9 Å². The molecular weight excluding hydrogens is 662 g/mol. The summed E-state index contributed by atoms with van der Waals surface area (Å²) >= 11 is 0. The van der Waals surface area contributed by atoms with E-state index < -0.39 is 16.2 Å². The number of para-hydroxylation sites is 1. The zero-order valence-electron chi connectivity index (χ0n) is 33.0. The summed E-state index contributed by atoms with van der Waals surface area (Å²) in [5.74, 6) is 0.798. The molecule has 6 aromatic rings. The fourth-order valence-corrected chi connectivity index (χ4v) is 11.5. The van der Waals surface area contributed by atoms with Crippen LogP contribution in [0.15, 0.2) is 81.2 Å². The molecule has 1 aromatic heterocycles. The van der Waals surface area contributed by atoms with Gasteiger partial charge in [0.15, 0.2) is 0 Å². The summed E-state index contributed by atoms with van der Waals surface area (Å²) in [6.45, 7) is 31.4. The summed E-state index contributed by atoms with van der Waals surface area (Å²) in [6.07, 6.45) is 0. The molecule has 0 aliphatic rings. The van der Waals surface area contributed by atoms with Gasteiger partial charge in [-0.05, 0) is 135 Å². The van der Waals surface area contributed by atoms with E-state index in [4.69, 9.17) is 12.9 Å². The third-order valence-corrected chi connectivity index (χ3v) is 14.6. The van der Waals surface area contributed by atoms with Gasteiger partial charge in [-0.2, -0.15) is 0 Å². The fraction of sp³-hybridized carbons (Fsp3) is 0.348. The number of fused-ring (bicyclic) bond motifs is 3. The van der Waals surface area contributed by atoms with E-state index >= 15 is 0 Å². The second-order valence-electron chi connectivity index (χ2n) is 16.4. The van der Waals surface area contributed by atoms with Crippen LogP contribution in [0, 0.1) is 55.4 Å². The van der Waals surface area contributed by atoms with Crippen molar-refractivity contribution in [3.05, 3.63) is 128 Å². The molecule has 1 heterocycles. The Bertz CT molecular complexity index is 2170. The number of rotatable bonds is 5. The van der Waals surface area contributed by atoms with E-state index in [2.05, 4.69) is 170 Å². The number of aryl methyl sites for hydroxylation is 8. The van der Waals surface area contributed by atoms with Gasteiger partial charge < -0.3 is 12.9 Å². The third kappa shape index (κ3) is 6.81. The molecule has 0 saturated heterocycles. The van der Waals surface area contributed by atoms with E-state index in [0.29, 0.717) is 0 Å². The van der Waals surface area contributed by atoms with E-state index in [1.165, 1.54) is 55.1 Å². The molecule has 0 N–H and O–H groups in total. The zero-order chi connectivity index (χ0) is 37.2. The maximum atomic E-state index is 7.18. The van der Waals surface area contributed by atoms with Crippen molar-refractivity contribution in [2.75, 3.05) is 0 Å². The number of hydrogen-bond donors (Lipinski definition) is 0. The molecule has 0 unspecified atom stereocenters. The molecular formula is C46H54O3P2. The van der Waals surface area contributed by atoms with Gasteiger partial charge in [0, 0.05) is 27.2 Å². The largest absolute Gasteiger partial charge is 0.453 e. The highest BCUT2D eigenvalue weighted by molar-refractivity contribution is 7.80. The molecule has 51 heavy (non-hydrogen) atoms. The molecule has 0 bridgehead atoms. The molecule has 0 aliphatic carbocycles. The van der Waals surface area contributed by atoms with Crippen molar-refractivity contribution in [2.45, 2.75) is 108 Å². The summed E-state index contributed by atoms with van der Waals surface area (Å²) in [5, 5.41) is 6.14. The van der Waals surface area contributed by atoms with E-state index in [9.17, 15) is 0 Å². The molecule has 3 nitrogen and oxygen atoms in total. The van der Waals surface area contributed by atoms with Crippen LogP contribution in [0.5, 0.6) is 5.75 Å². The van der Waals surface area contributed by atoms with E-state index in [0.717, 1.165) is 44.1 Å². The normalized spacial score (nSPS) is 12.3. The van der Waals surface area contributed by atoms with E-state index in [-0.39, 0.29) is 10.8 Å². The van der Waals surface area contributed by atoms with Gasteiger partial charge in [0.1, 0.15) is 16.9 Å². The van der Waals surface area contributed by atoms with Crippen LogP contribution < -0.4 is 20.4 Å². The Labute approximate surface area is 307 Å². The molecule has 0 saturated carbocycles. The summed E-state index contributed by atoms with van der Waals surface area (Å²) in [4.78, 5) is 0. The van der Waals surface area contributed by atoms with Crippen molar-refractivity contribution in [3.63, 3.8) is 0 Å². The third-order valence-electron chi connectivity index (χ3n) is 10.4. The van der Waals surface area contributed by atoms with Crippen LogP contribution >= 0.6 is 16.2 Å². The monoisotopic (exact) mass is 716 g/mol. The zero-order valence-corrected chi connectivity index (χ0v) is 34.8. The van der Waals surface area contributed by atoms with Gasteiger partial charge in [-0.1, -0.05) is 108 Å². The molecule has 0 atom stereocenters. The minimum atomic E-state index is -1.92. The summed E-state index contributed by atoms with van der Waals surface area (Å²) in [5.41, 5.74) is 13.8. The lowest BCUT2D eigenvalue weighted by atomic mass is 9.81. The highest BCUT2D eigenvalue weighted by Crippen LogP contribution is 2.48. The Hall–Kier alpha value is -3.77. The van der Waals surface area contributed by atoms with Crippen LogP contribution in [0.3, 0.4) is 0 Å². The summed E-state index contributed by atoms with van der Waals surface area (Å²) < 4.78 is 21.5. The first-order chi connectivity index (χ1) is 23.9. The second-order valence-corrected chi connectivity index (χ2v) is 19.5. The first-order valence-corrected chi connectivity index (χ1v) is 20.5. The van der Waals surface area contributed by atoms with Gasteiger partial charge in [0.2, 0.25) is 0 Å². The highest BCUT2D eigenvalue weighted by Gasteiger charge is 2.30. The van der Waals surface area contributed by atoms with Gasteiger partial charge in [0.25, 0.3) is 0 Å². The van der Waals surface area contributed by atoms with Gasteiger partial charge in [-0.25, -0.2) is 0 Å². The van der Waals surface area contributed by atoms with Crippen LogP contribution in [-0.4, -0.2) is 0 Å². The molecule has 0 fully saturated rings. The van der Waals surface area contributed by atoms with Gasteiger partial charge in [0.05, 0.1) is 0 Å². The number of benzene rings is 5. The lowest BCUT2D eigenvalue weighted by Gasteiger charge is -2.27. The Morgan fingerprint density at radius 1 is 0.510 bits per heavy atom. The minimum Gasteiger partial charge on any atom is -0.390 e. The van der Waals surface area contributed by atoms with Gasteiger partial charge >= 0.3 is 8.24 Å². The molecule has 0 spiro atoms. The van der Waals surface area contributed by atoms with Crippen LogP contribution in [0.25, 0.3) is 21.9 Å². The van der Waals surface area contributed by atoms with Crippen molar-refractivity contribution in [1.82, 2.24) is 0 Å². The molecule has 0 amide bonds. The predicted molar refractivity (Wildman–Crippen MR) is 223 cm³/mol. The quantitative estimate of drug-likeness (QED) is 0.167. The predicted octanol–water partition coefficient (Wildman–Crippen LogP) is 13.0. The van der Waals surface area contributed by atoms with Crippen LogP contribution in [0.2, 0.25) is 0 Å². The van der Waals surface area contributed by atoms with Gasteiger partial charge in [-0.15, -0.1) is 0 Å². The molecule has 0 aliphatic heterocycles. The Morgan fingerprint density at radius 3 is 1.29 bits per heavy atom. The van der Waals surface area contributed by atoms with E-state index in [1.807, 2.05) is 0 Å². The maximum Gasteiger partial charge on any atom is 0.453 e. The molecule has 6 rings (SSSR count).